The molecule has 0 radical (unpaired) electrons. The second-order valence-electron chi connectivity index (χ2n) is 8.81. The molecule has 0 N–H and O–H groups in total. The lowest BCUT2D eigenvalue weighted by atomic mass is 9.81. The standard InChI is InChI=1S/C26H27N3O3/c30-24-20-13-7-8-14-21(20)25(31)29(24)22(17-18-9-3-1-4-10-18)26(32)28-16-15-27-23(28)19-11-5-2-6-12-19/h1-6,9-12,20-22H,7-8,13-17H2/t20-,21+,22-/m0/s1. The van der Waals surface area contributed by atoms with E-state index in [2.05, 4.69) is 4.99 Å². The Morgan fingerprint density at radius 3 is 2.12 bits per heavy atom. The number of rotatable bonds is 5. The monoisotopic (exact) mass is 429 g/mol. The third kappa shape index (κ3) is 3.64. The second kappa shape index (κ2) is 8.69. The van der Waals surface area contributed by atoms with E-state index >= 15 is 0 Å². The predicted octanol–water partition coefficient (Wildman–Crippen LogP) is 3.06. The highest BCUT2D eigenvalue weighted by molar-refractivity contribution is 6.13. The highest BCUT2D eigenvalue weighted by Crippen LogP contribution is 2.39. The fourth-order valence-electron chi connectivity index (χ4n) is 5.30. The zero-order valence-electron chi connectivity index (χ0n) is 18.0. The Hall–Kier alpha value is -3.28. The Morgan fingerprint density at radius 2 is 1.50 bits per heavy atom. The van der Waals surface area contributed by atoms with E-state index in [1.165, 1.54) is 4.90 Å². The lowest BCUT2D eigenvalue weighted by Crippen LogP contribution is -2.53. The number of likely N-dealkylation sites (tertiary alicyclic amines) is 1. The smallest absolute Gasteiger partial charge is 0.251 e. The number of amides is 3. The van der Waals surface area contributed by atoms with Gasteiger partial charge in [-0.15, -0.1) is 0 Å². The van der Waals surface area contributed by atoms with E-state index in [4.69, 9.17) is 0 Å². The van der Waals surface area contributed by atoms with Gasteiger partial charge >= 0.3 is 0 Å². The highest BCUT2D eigenvalue weighted by Gasteiger charge is 2.52. The lowest BCUT2D eigenvalue weighted by molar-refractivity contribution is -0.150. The average molecular weight is 430 g/mol. The van der Waals surface area contributed by atoms with Crippen LogP contribution in [0.25, 0.3) is 0 Å². The molecule has 1 saturated heterocycles. The molecule has 2 aromatic carbocycles. The maximum absolute atomic E-state index is 13.9. The van der Waals surface area contributed by atoms with Crippen molar-refractivity contribution in [1.82, 2.24) is 9.80 Å². The molecule has 1 saturated carbocycles. The van der Waals surface area contributed by atoms with Crippen LogP contribution in [0.4, 0.5) is 0 Å². The van der Waals surface area contributed by atoms with Crippen molar-refractivity contribution >= 4 is 23.6 Å². The highest BCUT2D eigenvalue weighted by atomic mass is 16.2. The summed E-state index contributed by atoms with van der Waals surface area (Å²) >= 11 is 0. The SMILES string of the molecule is O=C([C@H](Cc1ccccc1)N1C(=O)[C@H]2CCCC[C@H]2C1=O)N1CCN=C1c1ccccc1. The Kier molecular flexibility index (Phi) is 5.60. The Morgan fingerprint density at radius 1 is 0.906 bits per heavy atom. The minimum absolute atomic E-state index is 0.175. The minimum Gasteiger partial charge on any atom is -0.293 e. The molecule has 1 aliphatic carbocycles. The van der Waals surface area contributed by atoms with Gasteiger partial charge in [0.15, 0.2) is 0 Å². The van der Waals surface area contributed by atoms with Gasteiger partial charge in [-0.2, -0.15) is 0 Å². The van der Waals surface area contributed by atoms with Crippen LogP contribution in [0.2, 0.25) is 0 Å². The van der Waals surface area contributed by atoms with Crippen molar-refractivity contribution in [2.75, 3.05) is 13.1 Å². The number of amidine groups is 1. The number of imide groups is 1. The predicted molar refractivity (Wildman–Crippen MR) is 121 cm³/mol. The molecule has 32 heavy (non-hydrogen) atoms. The molecule has 3 aliphatic rings. The van der Waals surface area contributed by atoms with Crippen LogP contribution < -0.4 is 0 Å². The van der Waals surface area contributed by atoms with Gasteiger partial charge in [0.2, 0.25) is 11.8 Å². The number of nitrogens with zero attached hydrogens (tertiary/aromatic N) is 3. The van der Waals surface area contributed by atoms with Crippen LogP contribution in [0.15, 0.2) is 65.7 Å². The molecule has 0 bridgehead atoms. The normalized spacial score (nSPS) is 23.8. The lowest BCUT2D eigenvalue weighted by Gasteiger charge is -2.30. The van der Waals surface area contributed by atoms with Gasteiger partial charge in [-0.3, -0.25) is 29.2 Å². The first-order valence-corrected chi connectivity index (χ1v) is 11.5. The van der Waals surface area contributed by atoms with Crippen LogP contribution in [-0.4, -0.2) is 52.5 Å². The number of aliphatic imine (C=N–C) groups is 1. The first-order chi connectivity index (χ1) is 15.6. The molecule has 164 valence electrons. The molecule has 0 spiro atoms. The van der Waals surface area contributed by atoms with Crippen LogP contribution in [-0.2, 0) is 20.8 Å². The van der Waals surface area contributed by atoms with Crippen molar-refractivity contribution in [2.24, 2.45) is 16.8 Å². The van der Waals surface area contributed by atoms with E-state index in [0.29, 0.717) is 25.3 Å². The summed E-state index contributed by atoms with van der Waals surface area (Å²) in [6, 6.07) is 18.4. The molecule has 3 amide bonds. The van der Waals surface area contributed by atoms with E-state index in [0.717, 1.165) is 36.8 Å². The van der Waals surface area contributed by atoms with Crippen molar-refractivity contribution in [2.45, 2.75) is 38.1 Å². The number of fused-ring (bicyclic) bond motifs is 1. The summed E-state index contributed by atoms with van der Waals surface area (Å²) in [5.74, 6) is -0.511. The van der Waals surface area contributed by atoms with E-state index < -0.39 is 6.04 Å². The van der Waals surface area contributed by atoms with Crippen molar-refractivity contribution in [3.05, 3.63) is 71.8 Å². The van der Waals surface area contributed by atoms with E-state index in [1.54, 1.807) is 4.90 Å². The van der Waals surface area contributed by atoms with Crippen LogP contribution >= 0.6 is 0 Å². The fraction of sp³-hybridized carbons (Fsp3) is 0.385. The third-order valence-corrected chi connectivity index (χ3v) is 6.88. The molecule has 2 fully saturated rings. The van der Waals surface area contributed by atoms with Gasteiger partial charge in [0.05, 0.1) is 18.4 Å². The fourth-order valence-corrected chi connectivity index (χ4v) is 5.30. The molecule has 5 rings (SSSR count). The largest absolute Gasteiger partial charge is 0.293 e. The average Bonchev–Trinajstić information content (AvgIpc) is 3.42. The van der Waals surface area contributed by atoms with Crippen LogP contribution in [0.1, 0.15) is 36.8 Å². The van der Waals surface area contributed by atoms with Gasteiger partial charge in [-0.1, -0.05) is 73.5 Å². The number of carbonyl (C=O) groups is 3. The summed E-state index contributed by atoms with van der Waals surface area (Å²) < 4.78 is 0. The van der Waals surface area contributed by atoms with Crippen LogP contribution in [0, 0.1) is 11.8 Å². The van der Waals surface area contributed by atoms with Gasteiger partial charge in [-0.05, 0) is 18.4 Å². The first-order valence-electron chi connectivity index (χ1n) is 11.5. The zero-order valence-corrected chi connectivity index (χ0v) is 18.0. The van der Waals surface area contributed by atoms with Crippen molar-refractivity contribution in [3.63, 3.8) is 0 Å². The third-order valence-electron chi connectivity index (χ3n) is 6.88. The first kappa shape index (κ1) is 20.6. The molecule has 6 heteroatoms. The maximum atomic E-state index is 13.9. The van der Waals surface area contributed by atoms with Gasteiger partial charge in [0, 0.05) is 18.5 Å². The number of carbonyl (C=O) groups excluding carboxylic acids is 3. The molecule has 2 heterocycles. The van der Waals surface area contributed by atoms with Crippen molar-refractivity contribution < 1.29 is 14.4 Å². The number of hydrogen-bond acceptors (Lipinski definition) is 4. The summed E-state index contributed by atoms with van der Waals surface area (Å²) in [5, 5.41) is 0. The number of hydrogen-bond donors (Lipinski definition) is 0. The molecular formula is C26H27N3O3. The Bertz CT molecular complexity index is 1030. The number of benzene rings is 2. The summed E-state index contributed by atoms with van der Waals surface area (Å²) in [6.45, 7) is 0.971. The molecule has 2 aliphatic heterocycles. The van der Waals surface area contributed by atoms with Gasteiger partial charge in [0.25, 0.3) is 5.91 Å². The summed E-state index contributed by atoms with van der Waals surface area (Å²) in [7, 11) is 0. The van der Waals surface area contributed by atoms with Gasteiger partial charge in [0.1, 0.15) is 11.9 Å². The minimum atomic E-state index is -0.852. The molecule has 0 unspecified atom stereocenters. The summed E-state index contributed by atoms with van der Waals surface area (Å²) in [4.78, 5) is 48.2. The topological polar surface area (TPSA) is 70.1 Å². The maximum Gasteiger partial charge on any atom is 0.251 e. The van der Waals surface area contributed by atoms with E-state index in [-0.39, 0.29) is 29.6 Å². The molecule has 6 nitrogen and oxygen atoms in total. The molecule has 3 atom stereocenters. The summed E-state index contributed by atoms with van der Waals surface area (Å²) in [6.07, 6.45) is 3.70. The van der Waals surface area contributed by atoms with Gasteiger partial charge < -0.3 is 0 Å². The molecule has 0 aromatic heterocycles. The van der Waals surface area contributed by atoms with Crippen LogP contribution in [0.3, 0.4) is 0 Å². The quantitative estimate of drug-likeness (QED) is 0.686. The van der Waals surface area contributed by atoms with Crippen LogP contribution in [0.5, 0.6) is 0 Å². The van der Waals surface area contributed by atoms with E-state index in [9.17, 15) is 14.4 Å². The van der Waals surface area contributed by atoms with Crippen molar-refractivity contribution in [3.8, 4) is 0 Å². The second-order valence-corrected chi connectivity index (χ2v) is 8.81. The molecular weight excluding hydrogens is 402 g/mol. The molecule has 2 aromatic rings. The Labute approximate surface area is 187 Å². The summed E-state index contributed by atoms with van der Waals surface area (Å²) in [5.41, 5.74) is 1.79. The Balaban J connectivity index is 1.49. The van der Waals surface area contributed by atoms with E-state index in [1.807, 2.05) is 60.7 Å². The van der Waals surface area contributed by atoms with Crippen molar-refractivity contribution in [1.29, 1.82) is 0 Å². The zero-order chi connectivity index (χ0) is 22.1. The van der Waals surface area contributed by atoms with Gasteiger partial charge in [-0.25, -0.2) is 0 Å².